The van der Waals surface area contributed by atoms with E-state index in [9.17, 15) is 36.7 Å². The summed E-state index contributed by atoms with van der Waals surface area (Å²) in [6.45, 7) is 20.0. The van der Waals surface area contributed by atoms with Crippen molar-refractivity contribution in [2.75, 3.05) is 11.4 Å². The highest BCUT2D eigenvalue weighted by atomic mass is 32.2. The largest absolute Gasteiger partial charge is 0.616 e. The number of aliphatic hydroxyl groups excluding tert-OH is 1. The molecule has 1 aromatic rings. The van der Waals surface area contributed by atoms with Crippen molar-refractivity contribution in [1.82, 2.24) is 0 Å². The van der Waals surface area contributed by atoms with Crippen molar-refractivity contribution in [2.45, 2.75) is 151 Å². The summed E-state index contributed by atoms with van der Waals surface area (Å²) in [6.07, 6.45) is -1.61. The molecular weight excluding hydrogens is 680 g/mol. The minimum absolute atomic E-state index is 0.0509. The Kier molecular flexibility index (Phi) is 11.5. The standard InChI is InChI=1S/C42H67F5O3S/c1-24(2)40-23-39(9,10)38-33-17-30(8)35(48)19-31(33)18-32(37(38)34(40)11-12-36(40)49)16-27(5)14-25(3)13-26(4)15-28(6)21-51(50)22-29(7)20-41(43,44)42(45,46)47/h17,19,24-29,32,34,36-38,48-49H,11-16,18,20-23H2,1-10H3/t25?,26?,27?,28?,29?,32-,34+,36+,37+,38-,40-,51?/m1/s1/i21D2,22D2. The van der Waals surface area contributed by atoms with Crippen LogP contribution in [0, 0.1) is 71.0 Å². The molecule has 3 nitrogen and oxygen atoms in total. The van der Waals surface area contributed by atoms with Crippen molar-refractivity contribution < 1.29 is 42.2 Å². The van der Waals surface area contributed by atoms with Gasteiger partial charge in [-0.3, -0.25) is 0 Å². The van der Waals surface area contributed by atoms with Gasteiger partial charge in [0.2, 0.25) is 0 Å². The zero-order chi connectivity index (χ0) is 42.0. The maximum atomic E-state index is 13.7. The van der Waals surface area contributed by atoms with E-state index < -0.39 is 52.9 Å². The Balaban J connectivity index is 1.46. The molecule has 4 rings (SSSR count). The van der Waals surface area contributed by atoms with Gasteiger partial charge in [-0.2, -0.15) is 22.0 Å². The third-order valence-electron chi connectivity index (χ3n) is 13.1. The first-order valence-corrected chi connectivity index (χ1v) is 20.4. The van der Waals surface area contributed by atoms with Crippen LogP contribution in [0.2, 0.25) is 0 Å². The monoisotopic (exact) mass is 750 g/mol. The van der Waals surface area contributed by atoms with Crippen LogP contribution in [0.25, 0.3) is 0 Å². The van der Waals surface area contributed by atoms with Crippen LogP contribution >= 0.6 is 0 Å². The van der Waals surface area contributed by atoms with Crippen molar-refractivity contribution >= 4 is 11.2 Å². The molecule has 2 N–H and O–H groups in total. The Morgan fingerprint density at radius 3 is 2.06 bits per heavy atom. The van der Waals surface area contributed by atoms with E-state index in [2.05, 4.69) is 47.6 Å². The molecule has 3 aliphatic carbocycles. The smallest absolute Gasteiger partial charge is 0.453 e. The zero-order valence-electron chi connectivity index (χ0n) is 36.5. The molecule has 51 heavy (non-hydrogen) atoms. The number of alkyl halides is 5. The minimum Gasteiger partial charge on any atom is -0.616 e. The number of aromatic hydroxyl groups is 1. The van der Waals surface area contributed by atoms with E-state index in [1.807, 2.05) is 19.9 Å². The van der Waals surface area contributed by atoms with Crippen LogP contribution in [0.5, 0.6) is 5.75 Å². The first-order chi connectivity index (χ1) is 24.9. The molecule has 2 saturated carbocycles. The second kappa shape index (κ2) is 16.0. The predicted octanol–water partition coefficient (Wildman–Crippen LogP) is 11.5. The van der Waals surface area contributed by atoms with Crippen molar-refractivity contribution in [3.63, 3.8) is 0 Å². The fourth-order valence-electron chi connectivity index (χ4n) is 11.5. The number of phenolic OH excluding ortho intramolecular Hbond substituents is 1. The topological polar surface area (TPSA) is 63.5 Å². The predicted molar refractivity (Wildman–Crippen MR) is 198 cm³/mol. The molecule has 0 spiro atoms. The highest BCUT2D eigenvalue weighted by Crippen LogP contribution is 2.70. The molecule has 0 heterocycles. The van der Waals surface area contributed by atoms with E-state index >= 15 is 0 Å². The van der Waals surface area contributed by atoms with E-state index in [-0.39, 0.29) is 35.2 Å². The lowest BCUT2D eigenvalue weighted by atomic mass is 9.42. The van der Waals surface area contributed by atoms with Gasteiger partial charge in [-0.1, -0.05) is 79.6 Å². The Labute approximate surface area is 314 Å². The molecule has 0 radical (unpaired) electrons. The average Bonchev–Trinajstić information content (AvgIpc) is 3.35. The normalized spacial score (nSPS) is 33.0. The van der Waals surface area contributed by atoms with E-state index in [0.29, 0.717) is 41.3 Å². The number of rotatable bonds is 15. The molecule has 0 saturated heterocycles. The number of hydrogen-bond acceptors (Lipinski definition) is 3. The lowest BCUT2D eigenvalue weighted by molar-refractivity contribution is -0.287. The number of fused-ring (bicyclic) bond motifs is 5. The van der Waals surface area contributed by atoms with Crippen LogP contribution in [-0.4, -0.2) is 44.4 Å². The molecule has 294 valence electrons. The van der Waals surface area contributed by atoms with Gasteiger partial charge in [0.15, 0.2) is 0 Å². The molecule has 12 atom stereocenters. The number of hydrogen-bond donors (Lipinski definition) is 2. The highest BCUT2D eigenvalue weighted by Gasteiger charge is 2.64. The summed E-state index contributed by atoms with van der Waals surface area (Å²) in [4.78, 5) is 0. The third kappa shape index (κ3) is 9.26. The van der Waals surface area contributed by atoms with Crippen molar-refractivity contribution in [3.8, 4) is 5.75 Å². The maximum Gasteiger partial charge on any atom is 0.453 e. The fraction of sp³-hybridized carbons (Fsp3) is 0.857. The van der Waals surface area contributed by atoms with Crippen molar-refractivity contribution in [3.05, 3.63) is 28.8 Å². The molecule has 0 aliphatic heterocycles. The van der Waals surface area contributed by atoms with Crippen LogP contribution in [0.1, 0.15) is 142 Å². The number of benzene rings is 1. The van der Waals surface area contributed by atoms with Crippen LogP contribution in [0.15, 0.2) is 12.1 Å². The molecule has 3 aliphatic rings. The number of aliphatic hydroxyl groups is 1. The van der Waals surface area contributed by atoms with Crippen LogP contribution < -0.4 is 0 Å². The molecule has 1 aromatic carbocycles. The SMILES string of the molecule is [2H]C([2H])(C(C)CC(C)CC(C)CC(C)C[C@@H]1Cc2cc(O)c(C)cc2[C@@H]2[C@@H]1[C@@H]1CC[C@H](O)[C@@]1(C(C)C)CC2(C)C)[S+]([O-])C([2H])([2H])C(C)CC(F)(F)C(F)(F)F. The molecule has 0 amide bonds. The second-order valence-electron chi connectivity index (χ2n) is 18.5. The van der Waals surface area contributed by atoms with Crippen molar-refractivity contribution in [2.24, 2.45) is 64.1 Å². The van der Waals surface area contributed by atoms with Gasteiger partial charge in [0, 0.05) is 23.7 Å². The molecule has 0 bridgehead atoms. The number of aryl methyl sites for hydroxylation is 1. The van der Waals surface area contributed by atoms with Gasteiger partial charge in [0.25, 0.3) is 0 Å². The molecular formula is C42H67F5O3S. The Morgan fingerprint density at radius 2 is 1.47 bits per heavy atom. The summed E-state index contributed by atoms with van der Waals surface area (Å²) in [6, 6.07) is 4.19. The van der Waals surface area contributed by atoms with Crippen LogP contribution in [-0.2, 0) is 17.6 Å². The maximum absolute atomic E-state index is 13.7. The van der Waals surface area contributed by atoms with E-state index in [0.717, 1.165) is 57.4 Å². The van der Waals surface area contributed by atoms with Gasteiger partial charge in [0.05, 0.1) is 11.6 Å². The fourth-order valence-corrected chi connectivity index (χ4v) is 12.5. The van der Waals surface area contributed by atoms with Gasteiger partial charge >= 0.3 is 12.1 Å². The molecule has 0 aromatic heterocycles. The number of halogens is 5. The average molecular weight is 751 g/mol. The second-order valence-corrected chi connectivity index (χ2v) is 19.5. The summed E-state index contributed by atoms with van der Waals surface area (Å²) in [5, 5.41) is 22.4. The van der Waals surface area contributed by atoms with Gasteiger partial charge in [-0.15, -0.1) is 0 Å². The lowest BCUT2D eigenvalue weighted by Gasteiger charge is -2.62. The van der Waals surface area contributed by atoms with Gasteiger partial charge in [-0.25, -0.2) is 0 Å². The zero-order valence-corrected chi connectivity index (χ0v) is 33.3. The van der Waals surface area contributed by atoms with Gasteiger partial charge in [0.1, 0.15) is 17.2 Å². The van der Waals surface area contributed by atoms with E-state index in [1.54, 1.807) is 0 Å². The van der Waals surface area contributed by atoms with Crippen molar-refractivity contribution in [1.29, 1.82) is 0 Å². The minimum atomic E-state index is -5.89. The Bertz CT molecular complexity index is 1490. The first kappa shape index (κ1) is 36.9. The lowest BCUT2D eigenvalue weighted by Crippen LogP contribution is -2.57. The number of phenols is 1. The van der Waals surface area contributed by atoms with Gasteiger partial charge in [-0.05, 0) is 134 Å². The Hall–Kier alpha value is -1.06. The summed E-state index contributed by atoms with van der Waals surface area (Å²) in [5.41, 5.74) is -2.52. The van der Waals surface area contributed by atoms with Gasteiger partial charge < -0.3 is 14.8 Å². The molecule has 2 fully saturated rings. The first-order valence-electron chi connectivity index (χ1n) is 21.3. The molecule has 6 unspecified atom stereocenters. The van der Waals surface area contributed by atoms with E-state index in [1.165, 1.54) is 18.1 Å². The summed E-state index contributed by atoms with van der Waals surface area (Å²) in [5.74, 6) is -5.50. The highest BCUT2D eigenvalue weighted by molar-refractivity contribution is 7.91. The Morgan fingerprint density at radius 1 is 0.902 bits per heavy atom. The van der Waals surface area contributed by atoms with E-state index in [4.69, 9.17) is 5.48 Å². The molecule has 9 heteroatoms. The van der Waals surface area contributed by atoms with Crippen LogP contribution in [0.3, 0.4) is 0 Å². The summed E-state index contributed by atoms with van der Waals surface area (Å²) >= 11 is -3.01. The summed E-state index contributed by atoms with van der Waals surface area (Å²) < 4.78 is 113. The summed E-state index contributed by atoms with van der Waals surface area (Å²) in [7, 11) is 0. The quantitative estimate of drug-likeness (QED) is 0.139. The van der Waals surface area contributed by atoms with Crippen LogP contribution in [0.4, 0.5) is 22.0 Å². The third-order valence-corrected chi connectivity index (χ3v) is 14.3.